The molecule has 0 unspecified atom stereocenters. The minimum Gasteiger partial charge on any atom is -0.494 e. The minimum atomic E-state index is -0.469. The number of ether oxygens (including phenoxy) is 5. The van der Waals surface area contributed by atoms with Crippen LogP contribution in [0.1, 0.15) is 76.7 Å². The first-order valence-electron chi connectivity index (χ1n) is 26.4. The summed E-state index contributed by atoms with van der Waals surface area (Å²) in [5.74, 6) is 12.9. The summed E-state index contributed by atoms with van der Waals surface area (Å²) in [6.45, 7) is 6.02. The Labute approximate surface area is 468 Å². The van der Waals surface area contributed by atoms with Gasteiger partial charge in [0.05, 0.1) is 88.7 Å². The van der Waals surface area contributed by atoms with Crippen molar-refractivity contribution in [3.63, 3.8) is 0 Å². The Morgan fingerprint density at radius 2 is 1.01 bits per heavy atom. The van der Waals surface area contributed by atoms with Crippen molar-refractivity contribution >= 4 is 23.8 Å². The van der Waals surface area contributed by atoms with Crippen molar-refractivity contribution in [2.24, 2.45) is 5.73 Å². The molecule has 0 saturated carbocycles. The number of likely N-dealkylation sites (N-methyl/N-ethyl adjacent to an activating group) is 1. The van der Waals surface area contributed by atoms with Crippen LogP contribution in [0.2, 0.25) is 0 Å². The van der Waals surface area contributed by atoms with Gasteiger partial charge >= 0.3 is 17.9 Å². The van der Waals surface area contributed by atoms with Gasteiger partial charge in [-0.15, -0.1) is 0 Å². The molecule has 0 aliphatic carbocycles. The molecule has 0 atom stereocenters. The number of nitrogens with one attached hydrogen (secondary N) is 1. The number of hydrogen-bond donors (Lipinski definition) is 2. The van der Waals surface area contributed by atoms with E-state index < -0.39 is 17.9 Å². The van der Waals surface area contributed by atoms with Crippen molar-refractivity contribution in [2.45, 2.75) is 59.5 Å². The number of methoxy groups -OCH3 is 1. The van der Waals surface area contributed by atoms with Gasteiger partial charge in [0.1, 0.15) is 25.0 Å². The summed E-state index contributed by atoms with van der Waals surface area (Å²) in [4.78, 5) is 71.7. The zero-order valence-corrected chi connectivity index (χ0v) is 46.5. The molecule has 0 radical (unpaired) electrons. The number of aromatic nitrogens is 3. The molecule has 0 spiro atoms. The Morgan fingerprint density at radius 3 is 1.45 bits per heavy atom. The second-order valence-electron chi connectivity index (χ2n) is 20.3. The SMILES string of the molecule is COC(=O)CN1Cc2cc(C#Cc3ccc(OCCCN)cc3)cc(n2)CN(COC(C)=O)Cc2cc(C#Cc3ccc(OCC(=O)NCC[N+](C)(C)C)cc3)cc(n2)CN(COC(C)=O)Cc2cc(-c3ccccc3)cc(n2)C1. The fourth-order valence-corrected chi connectivity index (χ4v) is 8.39. The quantitative estimate of drug-likeness (QED) is 0.0365. The van der Waals surface area contributed by atoms with Crippen LogP contribution in [-0.2, 0) is 72.7 Å². The van der Waals surface area contributed by atoms with Gasteiger partial charge in [0, 0.05) is 75.4 Å². The summed E-state index contributed by atoms with van der Waals surface area (Å²) < 4.78 is 28.8. The summed E-state index contributed by atoms with van der Waals surface area (Å²) in [5.41, 5.74) is 14.1. The molecule has 1 aliphatic heterocycles. The van der Waals surface area contributed by atoms with E-state index in [2.05, 4.69) is 50.1 Å². The number of fused-ring (bicyclic) bond motifs is 6. The molecule has 4 heterocycles. The van der Waals surface area contributed by atoms with Crippen LogP contribution in [0.4, 0.5) is 0 Å². The summed E-state index contributed by atoms with van der Waals surface area (Å²) in [6.07, 6.45) is 0.744. The molecule has 18 nitrogen and oxygen atoms in total. The number of carbonyl (C=O) groups is 4. The topological polar surface area (TPSA) is 201 Å². The van der Waals surface area contributed by atoms with Crippen molar-refractivity contribution in [1.29, 1.82) is 0 Å². The number of benzene rings is 3. The molecule has 1 aliphatic rings. The van der Waals surface area contributed by atoms with E-state index in [4.69, 9.17) is 44.4 Å². The van der Waals surface area contributed by atoms with Gasteiger partial charge in [0.15, 0.2) is 6.61 Å². The third-order valence-corrected chi connectivity index (χ3v) is 12.2. The molecular weight excluding hydrogens is 1010 g/mol. The molecule has 0 fully saturated rings. The first-order chi connectivity index (χ1) is 38.5. The average Bonchev–Trinajstić information content (AvgIpc) is 3.42. The van der Waals surface area contributed by atoms with Crippen LogP contribution < -0.4 is 20.5 Å². The molecule has 3 N–H and O–H groups in total. The van der Waals surface area contributed by atoms with Crippen LogP contribution in [-0.4, -0.2) is 139 Å². The highest BCUT2D eigenvalue weighted by Gasteiger charge is 2.21. The number of nitrogens with two attached hydrogens (primary N) is 1. The fraction of sp³-hybridized carbons (Fsp3) is 0.339. The molecule has 0 saturated heterocycles. The molecule has 3 aromatic heterocycles. The van der Waals surface area contributed by atoms with Crippen LogP contribution in [0.25, 0.3) is 11.1 Å². The van der Waals surface area contributed by atoms with E-state index in [1.807, 2.05) is 118 Å². The number of carbonyl (C=O) groups excluding carboxylic acids is 4. The van der Waals surface area contributed by atoms with Gasteiger partial charge in [-0.3, -0.25) is 48.8 Å². The lowest BCUT2D eigenvalue weighted by Crippen LogP contribution is -2.42. The van der Waals surface area contributed by atoms with Crippen LogP contribution in [0, 0.1) is 23.7 Å². The van der Waals surface area contributed by atoms with Crippen LogP contribution in [0.5, 0.6) is 11.5 Å². The lowest BCUT2D eigenvalue weighted by atomic mass is 10.0. The smallest absolute Gasteiger partial charge is 0.319 e. The fourth-order valence-electron chi connectivity index (χ4n) is 8.39. The van der Waals surface area contributed by atoms with Gasteiger partial charge in [0.25, 0.3) is 5.91 Å². The van der Waals surface area contributed by atoms with Crippen LogP contribution in [0.15, 0.2) is 115 Å². The Hall–Kier alpha value is -8.49. The molecule has 6 bridgehead atoms. The number of amides is 1. The van der Waals surface area contributed by atoms with Gasteiger partial charge in [-0.2, -0.15) is 0 Å². The Bertz CT molecular complexity index is 3200. The maximum atomic E-state index is 13.2. The Morgan fingerprint density at radius 1 is 0.575 bits per heavy atom. The second kappa shape index (κ2) is 29.5. The highest BCUT2D eigenvalue weighted by Crippen LogP contribution is 2.25. The monoisotopic (exact) mass is 1080 g/mol. The van der Waals surface area contributed by atoms with E-state index in [1.165, 1.54) is 21.0 Å². The zero-order valence-electron chi connectivity index (χ0n) is 46.5. The van der Waals surface area contributed by atoms with Gasteiger partial charge in [-0.05, 0) is 109 Å². The first kappa shape index (κ1) is 59.2. The van der Waals surface area contributed by atoms with Crippen molar-refractivity contribution in [1.82, 2.24) is 35.0 Å². The van der Waals surface area contributed by atoms with Crippen molar-refractivity contribution < 1.29 is 47.3 Å². The van der Waals surface area contributed by atoms with Crippen LogP contribution >= 0.6 is 0 Å². The van der Waals surface area contributed by atoms with Crippen molar-refractivity contribution in [3.05, 3.63) is 172 Å². The van der Waals surface area contributed by atoms with Crippen LogP contribution in [0.3, 0.4) is 0 Å². The summed E-state index contributed by atoms with van der Waals surface area (Å²) in [5, 5.41) is 2.90. The Balaban J connectivity index is 1.29. The standard InChI is InChI=1S/C62H69N9O9/c1-45(72)79-43-69-37-54-30-49(15-13-47-17-21-59(22-18-47)77-28-10-25-63)29-53(65-54)35-68(41-62(75)76-6)36-57-33-52(51-11-8-7-9-12-51)34-58(67-57)40-70(44-80-46(2)73)39-56-32-50(31-55(38-69)66-56)16-14-48-19-23-60(24-20-48)78-42-61(74)64-26-27-71(3,4)5/h7-9,11-12,17-24,29-34H,10,25-28,35-44,63H2,1-6H3/p+1. The van der Waals surface area contributed by atoms with E-state index in [9.17, 15) is 19.2 Å². The van der Waals surface area contributed by atoms with E-state index >= 15 is 0 Å². The molecule has 416 valence electrons. The first-order valence-corrected chi connectivity index (χ1v) is 26.4. The zero-order chi connectivity index (χ0) is 56.9. The predicted molar refractivity (Wildman–Crippen MR) is 301 cm³/mol. The average molecular weight is 1090 g/mol. The number of rotatable bonds is 17. The third-order valence-electron chi connectivity index (χ3n) is 12.2. The minimum absolute atomic E-state index is 0.0735. The number of pyridine rings is 3. The number of quaternary nitrogens is 1. The summed E-state index contributed by atoms with van der Waals surface area (Å²) >= 11 is 0. The molecule has 1 amide bonds. The third kappa shape index (κ3) is 20.4. The molecule has 18 heteroatoms. The van der Waals surface area contributed by atoms with E-state index in [1.54, 1.807) is 12.1 Å². The van der Waals surface area contributed by atoms with E-state index in [0.717, 1.165) is 39.9 Å². The lowest BCUT2D eigenvalue weighted by molar-refractivity contribution is -0.869. The van der Waals surface area contributed by atoms with Gasteiger partial charge in [-0.1, -0.05) is 54.0 Å². The number of esters is 3. The number of hydrogen-bond acceptors (Lipinski definition) is 16. The molecule has 3 aromatic carbocycles. The van der Waals surface area contributed by atoms with Gasteiger partial charge < -0.3 is 39.2 Å². The van der Waals surface area contributed by atoms with E-state index in [-0.39, 0.29) is 71.8 Å². The summed E-state index contributed by atoms with van der Waals surface area (Å²) in [6, 6.07) is 36.3. The largest absolute Gasteiger partial charge is 0.494 e. The van der Waals surface area contributed by atoms with Crippen molar-refractivity contribution in [2.75, 3.05) is 81.1 Å². The molecule has 6 aromatic rings. The summed E-state index contributed by atoms with van der Waals surface area (Å²) in [7, 11) is 7.55. The number of nitrogens with zero attached hydrogens (tertiary/aromatic N) is 7. The van der Waals surface area contributed by atoms with Crippen molar-refractivity contribution in [3.8, 4) is 46.3 Å². The molecular formula is C62H70N9O9+. The predicted octanol–water partition coefficient (Wildman–Crippen LogP) is 5.80. The van der Waals surface area contributed by atoms with Gasteiger partial charge in [0.2, 0.25) is 0 Å². The maximum Gasteiger partial charge on any atom is 0.319 e. The lowest BCUT2D eigenvalue weighted by Gasteiger charge is -2.25. The van der Waals surface area contributed by atoms with E-state index in [0.29, 0.717) is 76.3 Å². The molecule has 80 heavy (non-hydrogen) atoms. The Kier molecular flexibility index (Phi) is 21.8. The maximum absolute atomic E-state index is 13.2. The van der Waals surface area contributed by atoms with Gasteiger partial charge in [-0.25, -0.2) is 0 Å². The highest BCUT2D eigenvalue weighted by atomic mass is 16.5. The highest BCUT2D eigenvalue weighted by molar-refractivity contribution is 5.77. The normalized spacial score (nSPS) is 13.2. The second-order valence-corrected chi connectivity index (χ2v) is 20.3. The molecule has 7 rings (SSSR count).